The molecule has 0 aliphatic heterocycles. The van der Waals surface area contributed by atoms with E-state index in [0.29, 0.717) is 12.2 Å². The summed E-state index contributed by atoms with van der Waals surface area (Å²) in [6.07, 6.45) is 0. The standard InChI is InChI=1S/C14H14O3/c1-3-16-12-9-10(2)13(14(15)17-12)11-7-5-4-6-8-11/h4-9H,3H2,1-2H3. The maximum Gasteiger partial charge on any atom is 0.346 e. The van der Waals surface area contributed by atoms with E-state index in [1.54, 1.807) is 6.07 Å². The van der Waals surface area contributed by atoms with Gasteiger partial charge in [0.15, 0.2) is 0 Å². The van der Waals surface area contributed by atoms with Crippen molar-refractivity contribution in [3.63, 3.8) is 0 Å². The van der Waals surface area contributed by atoms with Gasteiger partial charge in [0.1, 0.15) is 0 Å². The second kappa shape index (κ2) is 4.87. The largest absolute Gasteiger partial charge is 0.465 e. The summed E-state index contributed by atoms with van der Waals surface area (Å²) < 4.78 is 10.3. The van der Waals surface area contributed by atoms with Crippen molar-refractivity contribution in [2.24, 2.45) is 0 Å². The maximum atomic E-state index is 11.9. The van der Waals surface area contributed by atoms with Crippen molar-refractivity contribution < 1.29 is 9.15 Å². The van der Waals surface area contributed by atoms with Crippen LogP contribution < -0.4 is 10.4 Å². The summed E-state index contributed by atoms with van der Waals surface area (Å²) in [5, 5.41) is 0. The minimum absolute atomic E-state index is 0.273. The minimum Gasteiger partial charge on any atom is -0.465 e. The second-order valence-electron chi connectivity index (χ2n) is 3.71. The fraction of sp³-hybridized carbons (Fsp3) is 0.214. The summed E-state index contributed by atoms with van der Waals surface area (Å²) in [4.78, 5) is 11.9. The number of rotatable bonds is 3. The first-order valence-corrected chi connectivity index (χ1v) is 5.55. The smallest absolute Gasteiger partial charge is 0.346 e. The third-order valence-electron chi connectivity index (χ3n) is 2.48. The molecule has 2 aromatic rings. The predicted molar refractivity (Wildman–Crippen MR) is 66.3 cm³/mol. The van der Waals surface area contributed by atoms with Gasteiger partial charge in [0.2, 0.25) is 0 Å². The Balaban J connectivity index is 2.53. The molecule has 0 bridgehead atoms. The average molecular weight is 230 g/mol. The lowest BCUT2D eigenvalue weighted by Crippen LogP contribution is -2.07. The first-order chi connectivity index (χ1) is 8.22. The summed E-state index contributed by atoms with van der Waals surface area (Å²) in [5.41, 5.74) is 1.95. The molecule has 0 amide bonds. The Hall–Kier alpha value is -2.03. The maximum absolute atomic E-state index is 11.9. The van der Waals surface area contributed by atoms with Gasteiger partial charge in [-0.3, -0.25) is 0 Å². The molecule has 0 atom stereocenters. The number of hydrogen-bond acceptors (Lipinski definition) is 3. The zero-order valence-corrected chi connectivity index (χ0v) is 9.90. The highest BCUT2D eigenvalue weighted by molar-refractivity contribution is 5.65. The normalized spacial score (nSPS) is 10.2. The van der Waals surface area contributed by atoms with Gasteiger partial charge in [0, 0.05) is 6.07 Å². The van der Waals surface area contributed by atoms with Crippen LogP contribution in [0, 0.1) is 6.92 Å². The van der Waals surface area contributed by atoms with Crippen molar-refractivity contribution >= 4 is 0 Å². The molecule has 17 heavy (non-hydrogen) atoms. The lowest BCUT2D eigenvalue weighted by atomic mass is 10.0. The zero-order valence-electron chi connectivity index (χ0n) is 9.90. The number of hydrogen-bond donors (Lipinski definition) is 0. The third kappa shape index (κ3) is 2.38. The molecule has 3 heteroatoms. The number of benzene rings is 1. The zero-order chi connectivity index (χ0) is 12.3. The Morgan fingerprint density at radius 1 is 1.24 bits per heavy atom. The quantitative estimate of drug-likeness (QED) is 0.813. The van der Waals surface area contributed by atoms with Gasteiger partial charge in [-0.15, -0.1) is 0 Å². The van der Waals surface area contributed by atoms with Gasteiger partial charge in [0.25, 0.3) is 5.95 Å². The highest BCUT2D eigenvalue weighted by Gasteiger charge is 2.10. The van der Waals surface area contributed by atoms with E-state index in [4.69, 9.17) is 9.15 Å². The fourth-order valence-corrected chi connectivity index (χ4v) is 1.75. The highest BCUT2D eigenvalue weighted by Crippen LogP contribution is 2.22. The van der Waals surface area contributed by atoms with Crippen LogP contribution in [0.4, 0.5) is 0 Å². The summed E-state index contributed by atoms with van der Waals surface area (Å²) in [6.45, 7) is 4.20. The molecule has 1 aromatic carbocycles. The molecular weight excluding hydrogens is 216 g/mol. The lowest BCUT2D eigenvalue weighted by Gasteiger charge is -2.06. The van der Waals surface area contributed by atoms with Crippen LogP contribution in [0.25, 0.3) is 11.1 Å². The predicted octanol–water partition coefficient (Wildman–Crippen LogP) is 3.01. The molecule has 0 N–H and O–H groups in total. The van der Waals surface area contributed by atoms with Crippen LogP contribution in [-0.2, 0) is 0 Å². The SMILES string of the molecule is CCOc1cc(C)c(-c2ccccc2)c(=O)o1. The molecule has 0 fully saturated rings. The fourth-order valence-electron chi connectivity index (χ4n) is 1.75. The van der Waals surface area contributed by atoms with Crippen LogP contribution in [0.2, 0.25) is 0 Å². The molecule has 0 saturated carbocycles. The van der Waals surface area contributed by atoms with Gasteiger partial charge in [0.05, 0.1) is 12.2 Å². The minimum atomic E-state index is -0.361. The van der Waals surface area contributed by atoms with Crippen LogP contribution in [-0.4, -0.2) is 6.61 Å². The van der Waals surface area contributed by atoms with Gasteiger partial charge in [-0.2, -0.15) is 0 Å². The van der Waals surface area contributed by atoms with Gasteiger partial charge in [-0.05, 0) is 25.0 Å². The van der Waals surface area contributed by atoms with Crippen LogP contribution in [0.3, 0.4) is 0 Å². The molecular formula is C14H14O3. The molecule has 88 valence electrons. The van der Waals surface area contributed by atoms with Crippen molar-refractivity contribution in [1.82, 2.24) is 0 Å². The first-order valence-electron chi connectivity index (χ1n) is 5.55. The van der Waals surface area contributed by atoms with Gasteiger partial charge < -0.3 is 9.15 Å². The molecule has 1 heterocycles. The van der Waals surface area contributed by atoms with Crippen molar-refractivity contribution in [3.8, 4) is 17.1 Å². The Morgan fingerprint density at radius 2 is 1.94 bits per heavy atom. The van der Waals surface area contributed by atoms with E-state index in [0.717, 1.165) is 11.1 Å². The first kappa shape index (κ1) is 11.5. The topological polar surface area (TPSA) is 39.4 Å². The molecule has 0 radical (unpaired) electrons. The molecule has 1 aromatic heterocycles. The van der Waals surface area contributed by atoms with Crippen molar-refractivity contribution in [2.45, 2.75) is 13.8 Å². The summed E-state index contributed by atoms with van der Waals surface area (Å²) in [7, 11) is 0. The molecule has 0 aliphatic rings. The average Bonchev–Trinajstić information content (AvgIpc) is 2.30. The van der Waals surface area contributed by atoms with E-state index >= 15 is 0 Å². The van der Waals surface area contributed by atoms with Gasteiger partial charge in [-0.25, -0.2) is 4.79 Å². The number of ether oxygens (including phenoxy) is 1. The monoisotopic (exact) mass is 230 g/mol. The third-order valence-corrected chi connectivity index (χ3v) is 2.48. The van der Waals surface area contributed by atoms with E-state index in [9.17, 15) is 4.79 Å². The summed E-state index contributed by atoms with van der Waals surface area (Å²) in [5.74, 6) is 0.273. The summed E-state index contributed by atoms with van der Waals surface area (Å²) >= 11 is 0. The second-order valence-corrected chi connectivity index (χ2v) is 3.71. The molecule has 0 aliphatic carbocycles. The Morgan fingerprint density at radius 3 is 2.53 bits per heavy atom. The molecule has 0 unspecified atom stereocenters. The molecule has 3 nitrogen and oxygen atoms in total. The van der Waals surface area contributed by atoms with Crippen LogP contribution in [0.5, 0.6) is 5.95 Å². The highest BCUT2D eigenvalue weighted by atomic mass is 16.6. The van der Waals surface area contributed by atoms with Crippen molar-refractivity contribution in [1.29, 1.82) is 0 Å². The van der Waals surface area contributed by atoms with E-state index in [-0.39, 0.29) is 11.6 Å². The Bertz CT molecular complexity index is 555. The number of aryl methyl sites for hydroxylation is 1. The van der Waals surface area contributed by atoms with Crippen LogP contribution in [0.15, 0.2) is 45.6 Å². The Labute approximate surface area is 99.7 Å². The summed E-state index contributed by atoms with van der Waals surface area (Å²) in [6, 6.07) is 11.2. The molecule has 0 spiro atoms. The van der Waals surface area contributed by atoms with E-state index in [1.165, 1.54) is 0 Å². The van der Waals surface area contributed by atoms with E-state index < -0.39 is 0 Å². The lowest BCUT2D eigenvalue weighted by molar-refractivity contribution is 0.244. The van der Waals surface area contributed by atoms with Crippen LogP contribution >= 0.6 is 0 Å². The van der Waals surface area contributed by atoms with E-state index in [1.807, 2.05) is 44.2 Å². The van der Waals surface area contributed by atoms with E-state index in [2.05, 4.69) is 0 Å². The molecule has 0 saturated heterocycles. The van der Waals surface area contributed by atoms with Crippen LogP contribution in [0.1, 0.15) is 12.5 Å². The van der Waals surface area contributed by atoms with Crippen molar-refractivity contribution in [2.75, 3.05) is 6.61 Å². The molecule has 2 rings (SSSR count). The Kier molecular flexibility index (Phi) is 3.28. The van der Waals surface area contributed by atoms with Gasteiger partial charge >= 0.3 is 5.63 Å². The van der Waals surface area contributed by atoms with Crippen molar-refractivity contribution in [3.05, 3.63) is 52.4 Å². The van der Waals surface area contributed by atoms with Gasteiger partial charge in [-0.1, -0.05) is 30.3 Å².